The quantitative estimate of drug-likeness (QED) is 0.817. The minimum absolute atomic E-state index is 0.0202. The van der Waals surface area contributed by atoms with Crippen molar-refractivity contribution in [3.63, 3.8) is 0 Å². The molecule has 0 aliphatic rings. The third-order valence-electron chi connectivity index (χ3n) is 1.85. The lowest BCUT2D eigenvalue weighted by Crippen LogP contribution is -2.27. The number of aliphatic hydroxyl groups is 1. The van der Waals surface area contributed by atoms with Gasteiger partial charge < -0.3 is 10.4 Å². The summed E-state index contributed by atoms with van der Waals surface area (Å²) in [5.41, 5.74) is 1.14. The molecule has 1 aromatic rings. The van der Waals surface area contributed by atoms with Gasteiger partial charge in [-0.1, -0.05) is 23.7 Å². The van der Waals surface area contributed by atoms with Crippen LogP contribution in [0.2, 0.25) is 5.02 Å². The molecule has 1 rings (SSSR count). The van der Waals surface area contributed by atoms with E-state index in [1.807, 2.05) is 24.3 Å². The molecule has 0 fully saturated rings. The second kappa shape index (κ2) is 7.54. The summed E-state index contributed by atoms with van der Waals surface area (Å²) in [6, 6.07) is 7.56. The van der Waals surface area contributed by atoms with E-state index in [2.05, 4.69) is 5.32 Å². The lowest BCUT2D eigenvalue weighted by molar-refractivity contribution is -0.118. The van der Waals surface area contributed by atoms with Crippen molar-refractivity contribution >= 4 is 29.3 Å². The maximum atomic E-state index is 11.2. The van der Waals surface area contributed by atoms with Crippen molar-refractivity contribution < 1.29 is 9.90 Å². The number of benzene rings is 1. The van der Waals surface area contributed by atoms with Gasteiger partial charge >= 0.3 is 0 Å². The van der Waals surface area contributed by atoms with Gasteiger partial charge in [0, 0.05) is 17.3 Å². The standard InChI is InChI=1S/C11H14ClNO2S/c12-10-3-1-9(2-4-10)7-16-8-11(15)13-5-6-14/h1-4,14H,5-8H2,(H,13,15). The molecule has 0 aliphatic heterocycles. The highest BCUT2D eigenvalue weighted by atomic mass is 35.5. The number of nitrogens with one attached hydrogen (secondary N) is 1. The van der Waals surface area contributed by atoms with Crippen LogP contribution >= 0.6 is 23.4 Å². The van der Waals surface area contributed by atoms with E-state index < -0.39 is 0 Å². The first kappa shape index (κ1) is 13.4. The van der Waals surface area contributed by atoms with E-state index >= 15 is 0 Å². The third kappa shape index (κ3) is 5.39. The molecule has 16 heavy (non-hydrogen) atoms. The maximum absolute atomic E-state index is 11.2. The average molecular weight is 260 g/mol. The van der Waals surface area contributed by atoms with Gasteiger partial charge in [-0.2, -0.15) is 0 Å². The summed E-state index contributed by atoms with van der Waals surface area (Å²) in [4.78, 5) is 11.2. The zero-order valence-electron chi connectivity index (χ0n) is 8.78. The fourth-order valence-electron chi connectivity index (χ4n) is 1.09. The molecule has 0 radical (unpaired) electrons. The van der Waals surface area contributed by atoms with Crippen molar-refractivity contribution in [2.24, 2.45) is 0 Å². The van der Waals surface area contributed by atoms with E-state index in [9.17, 15) is 4.79 Å². The van der Waals surface area contributed by atoms with Gasteiger partial charge in [-0.3, -0.25) is 4.79 Å². The van der Waals surface area contributed by atoms with Gasteiger partial charge in [0.1, 0.15) is 0 Å². The fourth-order valence-corrected chi connectivity index (χ4v) is 2.03. The number of hydrogen-bond acceptors (Lipinski definition) is 3. The number of carbonyl (C=O) groups is 1. The van der Waals surface area contributed by atoms with E-state index in [0.29, 0.717) is 12.3 Å². The highest BCUT2D eigenvalue weighted by Crippen LogP contribution is 2.15. The summed E-state index contributed by atoms with van der Waals surface area (Å²) in [5, 5.41) is 11.8. The van der Waals surface area contributed by atoms with E-state index in [0.717, 1.165) is 16.3 Å². The Morgan fingerprint density at radius 1 is 1.38 bits per heavy atom. The van der Waals surface area contributed by atoms with Gasteiger partial charge in [-0.15, -0.1) is 11.8 Å². The number of aliphatic hydroxyl groups excluding tert-OH is 1. The molecule has 0 spiro atoms. The summed E-state index contributed by atoms with van der Waals surface area (Å²) in [6.45, 7) is 0.300. The topological polar surface area (TPSA) is 49.3 Å². The van der Waals surface area contributed by atoms with Crippen LogP contribution in [0.3, 0.4) is 0 Å². The number of amides is 1. The second-order valence-corrected chi connectivity index (χ2v) is 4.61. The summed E-state index contributed by atoms with van der Waals surface area (Å²) >= 11 is 7.29. The molecule has 0 aromatic heterocycles. The molecule has 1 aromatic carbocycles. The Balaban J connectivity index is 2.20. The first-order chi connectivity index (χ1) is 7.72. The van der Waals surface area contributed by atoms with Gasteiger partial charge in [0.05, 0.1) is 12.4 Å². The largest absolute Gasteiger partial charge is 0.395 e. The highest BCUT2D eigenvalue weighted by Gasteiger charge is 2.00. The van der Waals surface area contributed by atoms with Crippen LogP contribution in [0, 0.1) is 0 Å². The molecular formula is C11H14ClNO2S. The van der Waals surface area contributed by atoms with Crippen LogP contribution in [0.25, 0.3) is 0 Å². The minimum Gasteiger partial charge on any atom is -0.395 e. The Bertz CT molecular complexity index is 329. The predicted molar refractivity (Wildman–Crippen MR) is 67.7 cm³/mol. The molecule has 1 amide bonds. The molecule has 0 unspecified atom stereocenters. The molecule has 0 bridgehead atoms. The molecule has 88 valence electrons. The van der Waals surface area contributed by atoms with E-state index in [4.69, 9.17) is 16.7 Å². The monoisotopic (exact) mass is 259 g/mol. The van der Waals surface area contributed by atoms with Crippen LogP contribution in [0.5, 0.6) is 0 Å². The number of rotatable bonds is 6. The lowest BCUT2D eigenvalue weighted by atomic mass is 10.2. The van der Waals surface area contributed by atoms with Crippen molar-refractivity contribution in [3.8, 4) is 0 Å². The molecule has 0 heterocycles. The molecule has 3 nitrogen and oxygen atoms in total. The SMILES string of the molecule is O=C(CSCc1ccc(Cl)cc1)NCCO. The van der Waals surface area contributed by atoms with Crippen molar-refractivity contribution in [2.45, 2.75) is 5.75 Å². The van der Waals surface area contributed by atoms with Gasteiger partial charge in [-0.25, -0.2) is 0 Å². The maximum Gasteiger partial charge on any atom is 0.230 e. The van der Waals surface area contributed by atoms with Crippen LogP contribution in [0.4, 0.5) is 0 Å². The number of hydrogen-bond donors (Lipinski definition) is 2. The summed E-state index contributed by atoms with van der Waals surface area (Å²) < 4.78 is 0. The van der Waals surface area contributed by atoms with Gasteiger partial charge in [0.25, 0.3) is 0 Å². The lowest BCUT2D eigenvalue weighted by Gasteiger charge is -2.03. The molecule has 2 N–H and O–H groups in total. The van der Waals surface area contributed by atoms with Crippen molar-refractivity contribution in [3.05, 3.63) is 34.9 Å². The van der Waals surface area contributed by atoms with Crippen LogP contribution in [-0.2, 0) is 10.5 Å². The van der Waals surface area contributed by atoms with Gasteiger partial charge in [0.15, 0.2) is 0 Å². The Labute approximate surface area is 104 Å². The molecule has 0 saturated heterocycles. The molecule has 0 saturated carbocycles. The average Bonchev–Trinajstić information content (AvgIpc) is 2.29. The Kier molecular flexibility index (Phi) is 6.30. The van der Waals surface area contributed by atoms with Gasteiger partial charge in [0.2, 0.25) is 5.91 Å². The first-order valence-electron chi connectivity index (χ1n) is 4.92. The smallest absolute Gasteiger partial charge is 0.230 e. The van der Waals surface area contributed by atoms with E-state index in [-0.39, 0.29) is 12.5 Å². The van der Waals surface area contributed by atoms with Gasteiger partial charge in [-0.05, 0) is 17.7 Å². The summed E-state index contributed by atoms with van der Waals surface area (Å²) in [5.74, 6) is 1.14. The van der Waals surface area contributed by atoms with Crippen molar-refractivity contribution in [1.82, 2.24) is 5.32 Å². The Morgan fingerprint density at radius 2 is 2.06 bits per heavy atom. The normalized spacial score (nSPS) is 10.1. The second-order valence-electron chi connectivity index (χ2n) is 3.19. The zero-order chi connectivity index (χ0) is 11.8. The van der Waals surface area contributed by atoms with Crippen LogP contribution < -0.4 is 5.32 Å². The molecular weight excluding hydrogens is 246 g/mol. The zero-order valence-corrected chi connectivity index (χ0v) is 10.4. The number of thioether (sulfide) groups is 1. The summed E-state index contributed by atoms with van der Waals surface area (Å²) in [6.07, 6.45) is 0. The molecule has 5 heteroatoms. The predicted octanol–water partition coefficient (Wildman–Crippen LogP) is 1.68. The fraction of sp³-hybridized carbons (Fsp3) is 0.364. The third-order valence-corrected chi connectivity index (χ3v) is 3.10. The van der Waals surface area contributed by atoms with Crippen LogP contribution in [0.1, 0.15) is 5.56 Å². The Hall–Kier alpha value is -0.710. The van der Waals surface area contributed by atoms with E-state index in [1.165, 1.54) is 11.8 Å². The Morgan fingerprint density at radius 3 is 2.69 bits per heavy atom. The number of carbonyl (C=O) groups excluding carboxylic acids is 1. The summed E-state index contributed by atoms with van der Waals surface area (Å²) in [7, 11) is 0. The van der Waals surface area contributed by atoms with Crippen LogP contribution in [0.15, 0.2) is 24.3 Å². The van der Waals surface area contributed by atoms with Crippen LogP contribution in [-0.4, -0.2) is 29.9 Å². The first-order valence-corrected chi connectivity index (χ1v) is 6.45. The van der Waals surface area contributed by atoms with Crippen molar-refractivity contribution in [1.29, 1.82) is 0 Å². The van der Waals surface area contributed by atoms with E-state index in [1.54, 1.807) is 0 Å². The number of halogens is 1. The molecule has 0 aliphatic carbocycles. The molecule has 0 atom stereocenters. The highest BCUT2D eigenvalue weighted by molar-refractivity contribution is 7.99. The minimum atomic E-state index is -0.0481. The van der Waals surface area contributed by atoms with Crippen molar-refractivity contribution in [2.75, 3.05) is 18.9 Å².